The standard InChI is InChI=1S/C10H16O5/c1-6(11)15-7-4-10(14,5-8(12)13)9(7,2)3/h7,14H,4-5H2,1-3H3,(H,12,13). The van der Waals surface area contributed by atoms with E-state index in [-0.39, 0.29) is 12.8 Å². The van der Waals surface area contributed by atoms with Crippen molar-refractivity contribution in [3.63, 3.8) is 0 Å². The lowest BCUT2D eigenvalue weighted by Crippen LogP contribution is -2.65. The highest BCUT2D eigenvalue weighted by Crippen LogP contribution is 2.53. The molecule has 1 aliphatic carbocycles. The lowest BCUT2D eigenvalue weighted by atomic mass is 9.55. The predicted octanol–water partition coefficient (Wildman–Crippen LogP) is 0.554. The van der Waals surface area contributed by atoms with Crippen LogP contribution in [0, 0.1) is 5.41 Å². The summed E-state index contributed by atoms with van der Waals surface area (Å²) in [6, 6.07) is 0. The van der Waals surface area contributed by atoms with Crippen molar-refractivity contribution in [3.8, 4) is 0 Å². The molecule has 2 N–H and O–H groups in total. The third kappa shape index (κ3) is 1.97. The van der Waals surface area contributed by atoms with Gasteiger partial charge in [-0.25, -0.2) is 0 Å². The maximum atomic E-state index is 10.7. The second-order valence-electron chi connectivity index (χ2n) is 4.63. The van der Waals surface area contributed by atoms with Gasteiger partial charge in [-0.3, -0.25) is 9.59 Å². The first-order chi connectivity index (χ1) is 6.69. The van der Waals surface area contributed by atoms with Gasteiger partial charge in [0, 0.05) is 18.8 Å². The van der Waals surface area contributed by atoms with Crippen LogP contribution in [0.15, 0.2) is 0 Å². The number of hydrogen-bond donors (Lipinski definition) is 2. The summed E-state index contributed by atoms with van der Waals surface area (Å²) in [5.74, 6) is -1.46. The Morgan fingerprint density at radius 1 is 1.47 bits per heavy atom. The third-order valence-corrected chi connectivity index (χ3v) is 3.28. The van der Waals surface area contributed by atoms with E-state index >= 15 is 0 Å². The molecular weight excluding hydrogens is 200 g/mol. The van der Waals surface area contributed by atoms with Crippen LogP contribution in [0.2, 0.25) is 0 Å². The van der Waals surface area contributed by atoms with E-state index in [1.807, 2.05) is 0 Å². The van der Waals surface area contributed by atoms with Crippen LogP contribution in [0.4, 0.5) is 0 Å². The second-order valence-corrected chi connectivity index (χ2v) is 4.63. The maximum Gasteiger partial charge on any atom is 0.306 e. The smallest absolute Gasteiger partial charge is 0.306 e. The SMILES string of the molecule is CC(=O)OC1CC(O)(CC(=O)O)C1(C)C. The Hall–Kier alpha value is -1.10. The summed E-state index contributed by atoms with van der Waals surface area (Å²) in [6.07, 6.45) is -0.539. The number of carboxylic acid groups (broad SMARTS) is 1. The zero-order valence-corrected chi connectivity index (χ0v) is 9.11. The van der Waals surface area contributed by atoms with Crippen LogP contribution in [0.3, 0.4) is 0 Å². The van der Waals surface area contributed by atoms with E-state index < -0.39 is 29.1 Å². The lowest BCUT2D eigenvalue weighted by molar-refractivity contribution is -0.240. The predicted molar refractivity (Wildman–Crippen MR) is 51.2 cm³/mol. The summed E-state index contributed by atoms with van der Waals surface area (Å²) >= 11 is 0. The van der Waals surface area contributed by atoms with Crippen molar-refractivity contribution in [1.82, 2.24) is 0 Å². The van der Waals surface area contributed by atoms with Gasteiger partial charge in [0.05, 0.1) is 12.0 Å². The van der Waals surface area contributed by atoms with Gasteiger partial charge in [-0.15, -0.1) is 0 Å². The average Bonchev–Trinajstić information content (AvgIpc) is 2.00. The molecule has 1 aliphatic rings. The van der Waals surface area contributed by atoms with E-state index in [4.69, 9.17) is 9.84 Å². The molecule has 1 rings (SSSR count). The Bertz CT molecular complexity index is 296. The van der Waals surface area contributed by atoms with Gasteiger partial charge in [0.25, 0.3) is 0 Å². The van der Waals surface area contributed by atoms with Gasteiger partial charge in [-0.2, -0.15) is 0 Å². The van der Waals surface area contributed by atoms with Gasteiger partial charge >= 0.3 is 11.9 Å². The quantitative estimate of drug-likeness (QED) is 0.673. The fraction of sp³-hybridized carbons (Fsp3) is 0.800. The van der Waals surface area contributed by atoms with Crippen molar-refractivity contribution in [1.29, 1.82) is 0 Å². The van der Waals surface area contributed by atoms with Crippen molar-refractivity contribution in [2.24, 2.45) is 5.41 Å². The number of carbonyl (C=O) groups is 2. The van der Waals surface area contributed by atoms with E-state index in [0.717, 1.165) is 0 Å². The molecule has 0 spiro atoms. The Morgan fingerprint density at radius 3 is 2.33 bits per heavy atom. The van der Waals surface area contributed by atoms with E-state index in [9.17, 15) is 14.7 Å². The van der Waals surface area contributed by atoms with Crippen molar-refractivity contribution in [2.75, 3.05) is 0 Å². The number of carboxylic acids is 1. The molecule has 0 aliphatic heterocycles. The third-order valence-electron chi connectivity index (χ3n) is 3.28. The molecule has 2 atom stereocenters. The number of aliphatic carboxylic acids is 1. The van der Waals surface area contributed by atoms with E-state index in [1.54, 1.807) is 13.8 Å². The number of hydrogen-bond acceptors (Lipinski definition) is 4. The van der Waals surface area contributed by atoms with Crippen LogP contribution in [0.1, 0.15) is 33.6 Å². The van der Waals surface area contributed by atoms with Gasteiger partial charge in [0.1, 0.15) is 6.10 Å². The van der Waals surface area contributed by atoms with Gasteiger partial charge < -0.3 is 14.9 Å². The summed E-state index contributed by atoms with van der Waals surface area (Å²) in [5.41, 5.74) is -1.99. The van der Waals surface area contributed by atoms with Crippen molar-refractivity contribution >= 4 is 11.9 Å². The molecule has 0 heterocycles. The summed E-state index contributed by atoms with van der Waals surface area (Å²) in [6.45, 7) is 4.70. The van der Waals surface area contributed by atoms with Crippen molar-refractivity contribution in [2.45, 2.75) is 45.3 Å². The number of rotatable bonds is 3. The van der Waals surface area contributed by atoms with E-state index in [0.29, 0.717) is 0 Å². The molecule has 0 radical (unpaired) electrons. The number of ether oxygens (including phenoxy) is 1. The molecule has 0 amide bonds. The average molecular weight is 216 g/mol. The molecule has 86 valence electrons. The molecule has 0 aromatic rings. The Kier molecular flexibility index (Phi) is 2.78. The van der Waals surface area contributed by atoms with Crippen molar-refractivity contribution < 1.29 is 24.5 Å². The first-order valence-corrected chi connectivity index (χ1v) is 4.80. The summed E-state index contributed by atoms with van der Waals surface area (Å²) in [4.78, 5) is 21.3. The van der Waals surface area contributed by atoms with Gasteiger partial charge in [0.15, 0.2) is 0 Å². The first kappa shape index (κ1) is 12.0. The van der Waals surface area contributed by atoms with Crippen LogP contribution < -0.4 is 0 Å². The highest BCUT2D eigenvalue weighted by Gasteiger charge is 2.61. The van der Waals surface area contributed by atoms with Crippen LogP contribution in [0.5, 0.6) is 0 Å². The summed E-state index contributed by atoms with van der Waals surface area (Å²) < 4.78 is 4.99. The molecule has 0 saturated heterocycles. The number of carbonyl (C=O) groups excluding carboxylic acids is 1. The minimum atomic E-state index is -1.28. The molecule has 5 nitrogen and oxygen atoms in total. The molecule has 1 saturated carbocycles. The summed E-state index contributed by atoms with van der Waals surface area (Å²) in [7, 11) is 0. The zero-order valence-electron chi connectivity index (χ0n) is 9.11. The van der Waals surface area contributed by atoms with E-state index in [2.05, 4.69) is 0 Å². The van der Waals surface area contributed by atoms with Gasteiger partial charge in [-0.1, -0.05) is 13.8 Å². The zero-order chi connectivity index (χ0) is 11.9. The minimum Gasteiger partial charge on any atom is -0.481 e. The number of aliphatic hydroxyl groups is 1. The van der Waals surface area contributed by atoms with Gasteiger partial charge in [0.2, 0.25) is 0 Å². The molecule has 5 heteroatoms. The molecule has 0 aromatic heterocycles. The molecular formula is C10H16O5. The second kappa shape index (κ2) is 3.48. The molecule has 0 aromatic carbocycles. The highest BCUT2D eigenvalue weighted by atomic mass is 16.5. The van der Waals surface area contributed by atoms with Crippen LogP contribution >= 0.6 is 0 Å². The Labute approximate surface area is 88.0 Å². The Balaban J connectivity index is 2.69. The number of esters is 1. The first-order valence-electron chi connectivity index (χ1n) is 4.80. The topological polar surface area (TPSA) is 83.8 Å². The monoisotopic (exact) mass is 216 g/mol. The maximum absolute atomic E-state index is 10.7. The minimum absolute atomic E-state index is 0.186. The fourth-order valence-electron chi connectivity index (χ4n) is 1.93. The molecule has 15 heavy (non-hydrogen) atoms. The molecule has 1 fully saturated rings. The largest absolute Gasteiger partial charge is 0.481 e. The van der Waals surface area contributed by atoms with E-state index in [1.165, 1.54) is 6.92 Å². The van der Waals surface area contributed by atoms with Gasteiger partial charge in [-0.05, 0) is 0 Å². The van der Waals surface area contributed by atoms with Crippen molar-refractivity contribution in [3.05, 3.63) is 0 Å². The lowest BCUT2D eigenvalue weighted by Gasteiger charge is -2.56. The van der Waals surface area contributed by atoms with Crippen LogP contribution in [-0.4, -0.2) is 33.9 Å². The Morgan fingerprint density at radius 2 is 2.00 bits per heavy atom. The van der Waals surface area contributed by atoms with Crippen LogP contribution in [0.25, 0.3) is 0 Å². The molecule has 0 bridgehead atoms. The summed E-state index contributed by atoms with van der Waals surface area (Å²) in [5, 5.41) is 18.7. The normalized spacial score (nSPS) is 32.9. The molecule has 2 unspecified atom stereocenters. The highest BCUT2D eigenvalue weighted by molar-refractivity contribution is 5.69. The van der Waals surface area contributed by atoms with Crippen LogP contribution in [-0.2, 0) is 14.3 Å². The fourth-order valence-corrected chi connectivity index (χ4v) is 1.93.